The van der Waals surface area contributed by atoms with Crippen molar-refractivity contribution in [1.29, 1.82) is 0 Å². The van der Waals surface area contributed by atoms with Crippen molar-refractivity contribution in [2.45, 2.75) is 45.7 Å². The van der Waals surface area contributed by atoms with E-state index < -0.39 is 9.84 Å². The summed E-state index contributed by atoms with van der Waals surface area (Å²) in [7, 11) is -3.08. The molecule has 0 aliphatic carbocycles. The molecule has 1 aromatic rings. The summed E-state index contributed by atoms with van der Waals surface area (Å²) in [4.78, 5) is 30.7. The van der Waals surface area contributed by atoms with Crippen molar-refractivity contribution in [2.24, 2.45) is 0 Å². The number of hydrogen-bond acceptors (Lipinski definition) is 5. The lowest BCUT2D eigenvalue weighted by Crippen LogP contribution is -2.41. The molecule has 0 bridgehead atoms. The van der Waals surface area contributed by atoms with Gasteiger partial charge in [-0.2, -0.15) is 0 Å². The van der Waals surface area contributed by atoms with Crippen LogP contribution in [-0.4, -0.2) is 60.3 Å². The van der Waals surface area contributed by atoms with Gasteiger partial charge >= 0.3 is 0 Å². The topological polar surface area (TPSA) is 96.4 Å². The standard InChI is InChI=1S/C17H25N3O4S/c1-4-12(3)18-16(21)14-7-6-8-15(19-14)17(22)20(5-2)13-9-10-25(23,24)11-13/h6-8,12-13H,4-5,9-11H2,1-3H3,(H,18,21). The van der Waals surface area contributed by atoms with Crippen molar-refractivity contribution in [3.8, 4) is 0 Å². The zero-order chi connectivity index (χ0) is 18.6. The average Bonchev–Trinajstić information content (AvgIpc) is 2.95. The Labute approximate surface area is 148 Å². The summed E-state index contributed by atoms with van der Waals surface area (Å²) in [5, 5.41) is 2.82. The van der Waals surface area contributed by atoms with Crippen LogP contribution in [0.3, 0.4) is 0 Å². The van der Waals surface area contributed by atoms with E-state index in [9.17, 15) is 18.0 Å². The lowest BCUT2D eigenvalue weighted by Gasteiger charge is -2.26. The molecule has 1 fully saturated rings. The number of nitrogens with zero attached hydrogens (tertiary/aromatic N) is 2. The third-order valence-corrected chi connectivity index (χ3v) is 6.19. The van der Waals surface area contributed by atoms with Crippen molar-refractivity contribution >= 4 is 21.7 Å². The van der Waals surface area contributed by atoms with Crippen LogP contribution in [0.2, 0.25) is 0 Å². The molecule has 0 aromatic carbocycles. The highest BCUT2D eigenvalue weighted by Crippen LogP contribution is 2.19. The molecule has 25 heavy (non-hydrogen) atoms. The summed E-state index contributed by atoms with van der Waals surface area (Å²) in [5.74, 6) is -0.578. The van der Waals surface area contributed by atoms with E-state index >= 15 is 0 Å². The zero-order valence-electron chi connectivity index (χ0n) is 14.9. The number of hydrogen-bond donors (Lipinski definition) is 1. The highest BCUT2D eigenvalue weighted by atomic mass is 32.2. The minimum atomic E-state index is -3.08. The first-order chi connectivity index (χ1) is 11.8. The van der Waals surface area contributed by atoms with Crippen LogP contribution in [0.4, 0.5) is 0 Å². The van der Waals surface area contributed by atoms with E-state index in [0.717, 1.165) is 6.42 Å². The van der Waals surface area contributed by atoms with Gasteiger partial charge in [-0.1, -0.05) is 13.0 Å². The minimum Gasteiger partial charge on any atom is -0.348 e. The van der Waals surface area contributed by atoms with Crippen LogP contribution < -0.4 is 5.32 Å². The molecule has 138 valence electrons. The molecule has 0 saturated carbocycles. The summed E-state index contributed by atoms with van der Waals surface area (Å²) in [5.41, 5.74) is 0.337. The largest absolute Gasteiger partial charge is 0.348 e. The molecule has 1 aromatic heterocycles. The highest BCUT2D eigenvalue weighted by molar-refractivity contribution is 7.91. The molecule has 1 N–H and O–H groups in total. The SMILES string of the molecule is CCC(C)NC(=O)c1cccc(C(=O)N(CC)C2CCS(=O)(=O)C2)n1. The quantitative estimate of drug-likeness (QED) is 0.816. The number of nitrogens with one attached hydrogen (secondary N) is 1. The fourth-order valence-corrected chi connectivity index (χ4v) is 4.55. The van der Waals surface area contributed by atoms with Crippen LogP contribution in [0, 0.1) is 0 Å². The molecule has 2 unspecified atom stereocenters. The third kappa shape index (κ3) is 4.78. The molecular weight excluding hydrogens is 342 g/mol. The third-order valence-electron chi connectivity index (χ3n) is 4.44. The van der Waals surface area contributed by atoms with Crippen molar-refractivity contribution in [2.75, 3.05) is 18.1 Å². The van der Waals surface area contributed by atoms with Crippen molar-refractivity contribution in [3.05, 3.63) is 29.6 Å². The molecule has 2 heterocycles. The van der Waals surface area contributed by atoms with E-state index in [1.807, 2.05) is 20.8 Å². The van der Waals surface area contributed by atoms with Gasteiger partial charge < -0.3 is 10.2 Å². The predicted molar refractivity (Wildman–Crippen MR) is 95.2 cm³/mol. The summed E-state index contributed by atoms with van der Waals surface area (Å²) < 4.78 is 23.4. The summed E-state index contributed by atoms with van der Waals surface area (Å²) >= 11 is 0. The van der Waals surface area contributed by atoms with Crippen LogP contribution in [-0.2, 0) is 9.84 Å². The first-order valence-electron chi connectivity index (χ1n) is 8.56. The molecule has 1 saturated heterocycles. The summed E-state index contributed by atoms with van der Waals surface area (Å²) in [6.07, 6.45) is 1.24. The lowest BCUT2D eigenvalue weighted by molar-refractivity contribution is 0.0702. The number of carbonyl (C=O) groups is 2. The Morgan fingerprint density at radius 1 is 1.32 bits per heavy atom. The summed E-state index contributed by atoms with van der Waals surface area (Å²) in [6.45, 7) is 6.06. The number of sulfone groups is 1. The van der Waals surface area contributed by atoms with E-state index in [2.05, 4.69) is 10.3 Å². The molecule has 2 rings (SSSR count). The van der Waals surface area contributed by atoms with Crippen LogP contribution >= 0.6 is 0 Å². The Morgan fingerprint density at radius 2 is 2.00 bits per heavy atom. The average molecular weight is 367 g/mol. The molecule has 2 amide bonds. The first kappa shape index (κ1) is 19.4. The molecule has 1 aliphatic rings. The second kappa shape index (κ2) is 7.95. The number of pyridine rings is 1. The number of aromatic nitrogens is 1. The number of rotatable bonds is 6. The van der Waals surface area contributed by atoms with Gasteiger partial charge in [0.15, 0.2) is 9.84 Å². The number of carbonyl (C=O) groups excluding carboxylic acids is 2. The number of amides is 2. The van der Waals surface area contributed by atoms with E-state index in [1.165, 1.54) is 4.90 Å². The molecular formula is C17H25N3O4S. The van der Waals surface area contributed by atoms with Gasteiger partial charge in [0.2, 0.25) is 0 Å². The van der Waals surface area contributed by atoms with Gasteiger partial charge in [-0.05, 0) is 38.8 Å². The predicted octanol–water partition coefficient (Wildman–Crippen LogP) is 1.26. The van der Waals surface area contributed by atoms with Crippen LogP contribution in [0.25, 0.3) is 0 Å². The van der Waals surface area contributed by atoms with Gasteiger partial charge in [0.1, 0.15) is 11.4 Å². The monoisotopic (exact) mass is 367 g/mol. The summed E-state index contributed by atoms with van der Waals surface area (Å²) in [6, 6.07) is 4.41. The van der Waals surface area contributed by atoms with Crippen LogP contribution in [0.15, 0.2) is 18.2 Å². The Bertz CT molecular complexity index is 748. The first-order valence-corrected chi connectivity index (χ1v) is 10.4. The maximum absolute atomic E-state index is 12.8. The van der Waals surface area contributed by atoms with E-state index in [-0.39, 0.29) is 46.8 Å². The van der Waals surface area contributed by atoms with Gasteiger partial charge in [0.05, 0.1) is 11.5 Å². The maximum atomic E-state index is 12.8. The second-order valence-corrected chi connectivity index (χ2v) is 8.57. The Kier molecular flexibility index (Phi) is 6.16. The van der Waals surface area contributed by atoms with Crippen molar-refractivity contribution in [3.63, 3.8) is 0 Å². The highest BCUT2D eigenvalue weighted by Gasteiger charge is 2.34. The van der Waals surface area contributed by atoms with Gasteiger partial charge in [0, 0.05) is 18.6 Å². The van der Waals surface area contributed by atoms with Gasteiger partial charge in [0.25, 0.3) is 11.8 Å². The van der Waals surface area contributed by atoms with E-state index in [4.69, 9.17) is 0 Å². The van der Waals surface area contributed by atoms with Crippen LogP contribution in [0.1, 0.15) is 54.6 Å². The lowest BCUT2D eigenvalue weighted by atomic mass is 10.2. The Hall–Kier alpha value is -1.96. The molecule has 2 atom stereocenters. The molecule has 1 aliphatic heterocycles. The van der Waals surface area contributed by atoms with E-state index in [0.29, 0.717) is 13.0 Å². The Balaban J connectivity index is 2.18. The van der Waals surface area contributed by atoms with Crippen molar-refractivity contribution < 1.29 is 18.0 Å². The normalized spacial score (nSPS) is 20.0. The fourth-order valence-electron chi connectivity index (χ4n) is 2.82. The molecule has 8 heteroatoms. The molecule has 0 spiro atoms. The van der Waals surface area contributed by atoms with Gasteiger partial charge in [-0.3, -0.25) is 9.59 Å². The maximum Gasteiger partial charge on any atom is 0.272 e. The van der Waals surface area contributed by atoms with Gasteiger partial charge in [-0.15, -0.1) is 0 Å². The minimum absolute atomic E-state index is 0.0131. The molecule has 7 nitrogen and oxygen atoms in total. The zero-order valence-corrected chi connectivity index (χ0v) is 15.7. The van der Waals surface area contributed by atoms with Crippen LogP contribution in [0.5, 0.6) is 0 Å². The Morgan fingerprint density at radius 3 is 2.56 bits per heavy atom. The second-order valence-electron chi connectivity index (χ2n) is 6.34. The van der Waals surface area contributed by atoms with Gasteiger partial charge in [-0.25, -0.2) is 13.4 Å². The van der Waals surface area contributed by atoms with E-state index in [1.54, 1.807) is 18.2 Å². The fraction of sp³-hybridized carbons (Fsp3) is 0.588. The smallest absolute Gasteiger partial charge is 0.272 e. The molecule has 0 radical (unpaired) electrons. The van der Waals surface area contributed by atoms with Crippen molar-refractivity contribution in [1.82, 2.24) is 15.2 Å².